The first-order chi connectivity index (χ1) is 12.3. The number of hydrogen-bond acceptors (Lipinski definition) is 6. The van der Waals surface area contributed by atoms with E-state index in [2.05, 4.69) is 10.3 Å². The molecule has 0 heterocycles. The number of carbonyl (C=O) groups is 2. The molecule has 1 aromatic carbocycles. The molecule has 0 spiro atoms. The van der Waals surface area contributed by atoms with Gasteiger partial charge in [0.25, 0.3) is 5.69 Å². The van der Waals surface area contributed by atoms with Gasteiger partial charge in [0, 0.05) is 18.7 Å². The van der Waals surface area contributed by atoms with E-state index < -0.39 is 17.1 Å². The van der Waals surface area contributed by atoms with Crippen LogP contribution in [0.15, 0.2) is 29.3 Å². The molecule has 0 unspecified atom stereocenters. The van der Waals surface area contributed by atoms with Crippen molar-refractivity contribution < 1.29 is 19.2 Å². The van der Waals surface area contributed by atoms with Crippen LogP contribution in [0.2, 0.25) is 0 Å². The van der Waals surface area contributed by atoms with Crippen LogP contribution in [-0.2, 0) is 16.1 Å². The first-order valence-corrected chi connectivity index (χ1v) is 8.17. The predicted molar refractivity (Wildman–Crippen MR) is 95.8 cm³/mol. The second-order valence-corrected chi connectivity index (χ2v) is 5.51. The van der Waals surface area contributed by atoms with Crippen LogP contribution in [0.3, 0.4) is 0 Å². The molecule has 11 heteroatoms. The SMILES string of the molecule is NC(N)=NCCC[C@H](NC(=O)OCc1ccc([N+](=O)[O-])cc1)C(=O)CCl. The third kappa shape index (κ3) is 7.79. The number of guanidine groups is 1. The summed E-state index contributed by atoms with van der Waals surface area (Å²) in [5, 5.41) is 13.0. The molecule has 0 aliphatic carbocycles. The molecule has 0 aliphatic rings. The third-order valence-corrected chi connectivity index (χ3v) is 3.54. The number of hydrogen-bond donors (Lipinski definition) is 3. The van der Waals surface area contributed by atoms with Crippen LogP contribution in [0.4, 0.5) is 10.5 Å². The first-order valence-electron chi connectivity index (χ1n) is 7.64. The van der Waals surface area contributed by atoms with Gasteiger partial charge in [0.05, 0.1) is 16.8 Å². The molecule has 0 bridgehead atoms. The van der Waals surface area contributed by atoms with Gasteiger partial charge in [-0.3, -0.25) is 19.9 Å². The second-order valence-electron chi connectivity index (χ2n) is 5.25. The summed E-state index contributed by atoms with van der Waals surface area (Å²) < 4.78 is 5.02. The predicted octanol–water partition coefficient (Wildman–Crippen LogP) is 1.05. The van der Waals surface area contributed by atoms with Crippen molar-refractivity contribution in [2.45, 2.75) is 25.5 Å². The van der Waals surface area contributed by atoms with E-state index in [1.807, 2.05) is 0 Å². The van der Waals surface area contributed by atoms with Crippen molar-refractivity contribution in [1.29, 1.82) is 0 Å². The number of alkyl halides is 1. The molecule has 0 saturated heterocycles. The Morgan fingerprint density at radius 3 is 2.50 bits per heavy atom. The number of benzene rings is 1. The number of amides is 1. The highest BCUT2D eigenvalue weighted by Crippen LogP contribution is 2.12. The fraction of sp³-hybridized carbons (Fsp3) is 0.400. The lowest BCUT2D eigenvalue weighted by atomic mass is 10.1. The van der Waals surface area contributed by atoms with Crippen LogP contribution in [0, 0.1) is 10.1 Å². The summed E-state index contributed by atoms with van der Waals surface area (Å²) in [6, 6.07) is 4.75. The van der Waals surface area contributed by atoms with Crippen LogP contribution in [0.1, 0.15) is 18.4 Å². The van der Waals surface area contributed by atoms with Crippen molar-refractivity contribution in [3.63, 3.8) is 0 Å². The van der Waals surface area contributed by atoms with Crippen molar-refractivity contribution in [2.75, 3.05) is 12.4 Å². The fourth-order valence-corrected chi connectivity index (χ4v) is 2.14. The molecule has 0 saturated carbocycles. The van der Waals surface area contributed by atoms with Crippen LogP contribution in [-0.4, -0.2) is 41.2 Å². The molecular weight excluding hydrogens is 366 g/mol. The quantitative estimate of drug-likeness (QED) is 0.135. The highest BCUT2D eigenvalue weighted by atomic mass is 35.5. The molecule has 142 valence electrons. The summed E-state index contributed by atoms with van der Waals surface area (Å²) in [6.45, 7) is 0.216. The standard InChI is InChI=1S/C15H20ClN5O5/c16-8-13(22)12(2-1-7-19-14(17)18)20-15(23)26-9-10-3-5-11(6-4-10)21(24)25/h3-6,12H,1-2,7-9H2,(H,20,23)(H4,17,18,19)/t12-/m0/s1. The second kappa shape index (κ2) is 10.9. The number of aliphatic imine (C=N–C) groups is 1. The van der Waals surface area contributed by atoms with Crippen LogP contribution < -0.4 is 16.8 Å². The topological polar surface area (TPSA) is 163 Å². The van der Waals surface area contributed by atoms with E-state index in [1.165, 1.54) is 24.3 Å². The Morgan fingerprint density at radius 1 is 1.31 bits per heavy atom. The summed E-state index contributed by atoms with van der Waals surface area (Å²) in [5.74, 6) is -0.667. The van der Waals surface area contributed by atoms with Gasteiger partial charge in [0.1, 0.15) is 6.61 Å². The molecule has 1 rings (SSSR count). The lowest BCUT2D eigenvalue weighted by molar-refractivity contribution is -0.384. The zero-order valence-corrected chi connectivity index (χ0v) is 14.6. The Hall–Kier alpha value is -2.88. The monoisotopic (exact) mass is 385 g/mol. The number of nitrogens with zero attached hydrogens (tertiary/aromatic N) is 2. The molecule has 0 aromatic heterocycles. The van der Waals surface area contributed by atoms with E-state index in [0.717, 1.165) is 0 Å². The Balaban J connectivity index is 2.50. The summed E-state index contributed by atoms with van der Waals surface area (Å²) in [5.41, 5.74) is 10.9. The molecule has 1 amide bonds. The number of nitro groups is 1. The zero-order chi connectivity index (χ0) is 19.5. The minimum absolute atomic E-state index is 0.0549. The number of nitro benzene ring substituents is 1. The molecule has 0 fully saturated rings. The number of nitrogens with one attached hydrogen (secondary N) is 1. The van der Waals surface area contributed by atoms with Crippen molar-refractivity contribution >= 4 is 35.1 Å². The van der Waals surface area contributed by atoms with Gasteiger partial charge in [-0.25, -0.2) is 4.79 Å². The van der Waals surface area contributed by atoms with E-state index in [4.69, 9.17) is 27.8 Å². The highest BCUT2D eigenvalue weighted by Gasteiger charge is 2.20. The lowest BCUT2D eigenvalue weighted by Crippen LogP contribution is -2.41. The van der Waals surface area contributed by atoms with Gasteiger partial charge < -0.3 is 21.5 Å². The van der Waals surface area contributed by atoms with Crippen molar-refractivity contribution in [1.82, 2.24) is 5.32 Å². The fourth-order valence-electron chi connectivity index (χ4n) is 1.96. The van der Waals surface area contributed by atoms with Gasteiger partial charge in [-0.05, 0) is 30.5 Å². The number of Topliss-reactive ketones (excluding diaryl/α,β-unsaturated/α-hetero) is 1. The molecular formula is C15H20ClN5O5. The van der Waals surface area contributed by atoms with Crippen LogP contribution >= 0.6 is 11.6 Å². The number of halogens is 1. The smallest absolute Gasteiger partial charge is 0.408 e. The average Bonchev–Trinajstić information content (AvgIpc) is 2.61. The summed E-state index contributed by atoms with van der Waals surface area (Å²) in [6.07, 6.45) is -0.0309. The zero-order valence-electron chi connectivity index (χ0n) is 13.9. The molecule has 1 aromatic rings. The number of nitrogens with two attached hydrogens (primary N) is 2. The van der Waals surface area contributed by atoms with Crippen LogP contribution in [0.5, 0.6) is 0 Å². The number of rotatable bonds is 10. The Kier molecular flexibility index (Phi) is 8.85. The van der Waals surface area contributed by atoms with E-state index in [1.54, 1.807) is 0 Å². The summed E-state index contributed by atoms with van der Waals surface area (Å²) >= 11 is 5.54. The molecule has 1 atom stereocenters. The average molecular weight is 386 g/mol. The number of carbonyl (C=O) groups excluding carboxylic acids is 2. The lowest BCUT2D eigenvalue weighted by Gasteiger charge is -2.16. The number of non-ortho nitro benzene ring substituents is 1. The molecule has 5 N–H and O–H groups in total. The summed E-state index contributed by atoms with van der Waals surface area (Å²) in [7, 11) is 0. The molecule has 0 aliphatic heterocycles. The number of ether oxygens (including phenoxy) is 1. The molecule has 26 heavy (non-hydrogen) atoms. The van der Waals surface area contributed by atoms with Gasteiger partial charge in [-0.1, -0.05) is 0 Å². The molecule has 0 radical (unpaired) electrons. The third-order valence-electron chi connectivity index (χ3n) is 3.27. The number of alkyl carbamates (subject to hydrolysis) is 1. The van der Waals surface area contributed by atoms with Crippen molar-refractivity contribution in [3.8, 4) is 0 Å². The van der Waals surface area contributed by atoms with Crippen molar-refractivity contribution in [2.24, 2.45) is 16.5 Å². The van der Waals surface area contributed by atoms with Crippen LogP contribution in [0.25, 0.3) is 0 Å². The maximum absolute atomic E-state index is 11.9. The van der Waals surface area contributed by atoms with Gasteiger partial charge in [0.2, 0.25) is 0 Å². The maximum atomic E-state index is 11.9. The Morgan fingerprint density at radius 2 is 1.96 bits per heavy atom. The summed E-state index contributed by atoms with van der Waals surface area (Å²) in [4.78, 5) is 37.5. The van der Waals surface area contributed by atoms with E-state index in [0.29, 0.717) is 24.9 Å². The molecule has 10 nitrogen and oxygen atoms in total. The first kappa shape index (κ1) is 21.2. The maximum Gasteiger partial charge on any atom is 0.408 e. The van der Waals surface area contributed by atoms with Gasteiger partial charge in [0.15, 0.2) is 11.7 Å². The van der Waals surface area contributed by atoms with Gasteiger partial charge in [-0.15, -0.1) is 11.6 Å². The van der Waals surface area contributed by atoms with Gasteiger partial charge in [-0.2, -0.15) is 0 Å². The van der Waals surface area contributed by atoms with Crippen molar-refractivity contribution in [3.05, 3.63) is 39.9 Å². The Labute approximate surface area is 154 Å². The largest absolute Gasteiger partial charge is 0.445 e. The minimum Gasteiger partial charge on any atom is -0.445 e. The van der Waals surface area contributed by atoms with Gasteiger partial charge >= 0.3 is 6.09 Å². The van der Waals surface area contributed by atoms with E-state index in [9.17, 15) is 19.7 Å². The Bertz CT molecular complexity index is 661. The highest BCUT2D eigenvalue weighted by molar-refractivity contribution is 6.28. The minimum atomic E-state index is -0.814. The normalized spacial score (nSPS) is 11.3. The number of ketones is 1. The van der Waals surface area contributed by atoms with E-state index in [-0.39, 0.29) is 29.9 Å². The van der Waals surface area contributed by atoms with E-state index >= 15 is 0 Å².